The zero-order valence-electron chi connectivity index (χ0n) is 17.0. The first-order valence-corrected chi connectivity index (χ1v) is 10.7. The van der Waals surface area contributed by atoms with Crippen LogP contribution in [0.15, 0.2) is 24.3 Å². The lowest BCUT2D eigenvalue weighted by Crippen LogP contribution is -2.37. The van der Waals surface area contributed by atoms with Crippen molar-refractivity contribution in [2.75, 3.05) is 12.4 Å². The van der Waals surface area contributed by atoms with Gasteiger partial charge in [0.25, 0.3) is 5.91 Å². The summed E-state index contributed by atoms with van der Waals surface area (Å²) in [5.74, 6) is 0.0732. The van der Waals surface area contributed by atoms with Crippen molar-refractivity contribution >= 4 is 23.3 Å². The minimum absolute atomic E-state index is 0.00449. The van der Waals surface area contributed by atoms with E-state index in [4.69, 9.17) is 16.3 Å². The lowest BCUT2D eigenvalue weighted by Gasteiger charge is -2.33. The van der Waals surface area contributed by atoms with E-state index < -0.39 is 24.2 Å². The molecule has 2 aromatic rings. The topological polar surface area (TPSA) is 68.2 Å². The molecule has 0 radical (unpaired) electrons. The SMILES string of the molecule is COc1ccc([C@H]2C[C@@H](C(F)(F)F)n3nc(C(=O)NC4CCCCC4)c(Cl)c3N2)cc1. The summed E-state index contributed by atoms with van der Waals surface area (Å²) in [5.41, 5.74) is 0.478. The normalized spacial score (nSPS) is 21.8. The van der Waals surface area contributed by atoms with Crippen LogP contribution in [0.2, 0.25) is 5.02 Å². The second kappa shape index (κ2) is 8.61. The van der Waals surface area contributed by atoms with Crippen LogP contribution < -0.4 is 15.4 Å². The molecular weight excluding hydrogens is 433 g/mol. The second-order valence-corrected chi connectivity index (χ2v) is 8.41. The van der Waals surface area contributed by atoms with Gasteiger partial charge in [0.15, 0.2) is 11.7 Å². The van der Waals surface area contributed by atoms with E-state index in [0.717, 1.165) is 36.8 Å². The van der Waals surface area contributed by atoms with Crippen molar-refractivity contribution in [2.45, 2.75) is 62.8 Å². The van der Waals surface area contributed by atoms with Crippen LogP contribution in [0.3, 0.4) is 0 Å². The minimum atomic E-state index is -4.55. The number of rotatable bonds is 4. The molecule has 0 spiro atoms. The fourth-order valence-electron chi connectivity index (χ4n) is 4.29. The number of nitrogens with zero attached hydrogens (tertiary/aromatic N) is 2. The molecule has 1 amide bonds. The van der Waals surface area contributed by atoms with Gasteiger partial charge in [0.1, 0.15) is 16.6 Å². The Labute approximate surface area is 183 Å². The van der Waals surface area contributed by atoms with E-state index in [-0.39, 0.29) is 29.0 Å². The van der Waals surface area contributed by atoms with E-state index in [9.17, 15) is 18.0 Å². The molecule has 0 saturated heterocycles. The first kappa shape index (κ1) is 21.8. The van der Waals surface area contributed by atoms with Crippen molar-refractivity contribution in [1.29, 1.82) is 0 Å². The van der Waals surface area contributed by atoms with E-state index in [2.05, 4.69) is 15.7 Å². The quantitative estimate of drug-likeness (QED) is 0.657. The molecule has 2 aliphatic rings. The molecule has 1 fully saturated rings. The lowest BCUT2D eigenvalue weighted by molar-refractivity contribution is -0.173. The number of nitrogens with one attached hydrogen (secondary N) is 2. The fourth-order valence-corrected chi connectivity index (χ4v) is 4.55. The molecule has 10 heteroatoms. The van der Waals surface area contributed by atoms with Crippen molar-refractivity contribution in [3.05, 3.63) is 40.5 Å². The summed E-state index contributed by atoms with van der Waals surface area (Å²) >= 11 is 6.38. The maximum Gasteiger partial charge on any atom is 0.410 e. The van der Waals surface area contributed by atoms with E-state index in [0.29, 0.717) is 11.3 Å². The number of halogens is 4. The Kier molecular flexibility index (Phi) is 6.05. The van der Waals surface area contributed by atoms with Gasteiger partial charge < -0.3 is 15.4 Å². The zero-order valence-corrected chi connectivity index (χ0v) is 17.8. The first-order chi connectivity index (χ1) is 14.8. The second-order valence-electron chi connectivity index (χ2n) is 8.03. The van der Waals surface area contributed by atoms with Crippen LogP contribution in [0.4, 0.5) is 19.0 Å². The first-order valence-electron chi connectivity index (χ1n) is 10.3. The smallest absolute Gasteiger partial charge is 0.410 e. The number of methoxy groups -OCH3 is 1. The van der Waals surface area contributed by atoms with Crippen LogP contribution in [0.25, 0.3) is 0 Å². The highest BCUT2D eigenvalue weighted by Crippen LogP contribution is 2.46. The van der Waals surface area contributed by atoms with Gasteiger partial charge in [0.2, 0.25) is 0 Å². The van der Waals surface area contributed by atoms with Gasteiger partial charge in [0.05, 0.1) is 13.2 Å². The lowest BCUT2D eigenvalue weighted by atomic mass is 9.95. The molecular formula is C21H24ClF3N4O2. The Morgan fingerprint density at radius 2 is 1.90 bits per heavy atom. The predicted molar refractivity (Wildman–Crippen MR) is 111 cm³/mol. The minimum Gasteiger partial charge on any atom is -0.497 e. The summed E-state index contributed by atoms with van der Waals surface area (Å²) in [7, 11) is 1.52. The Hall–Kier alpha value is -2.42. The van der Waals surface area contributed by atoms with Crippen LogP contribution in [0.5, 0.6) is 5.75 Å². The van der Waals surface area contributed by atoms with Crippen molar-refractivity contribution < 1.29 is 22.7 Å². The third kappa shape index (κ3) is 4.46. The Balaban J connectivity index is 1.64. The Morgan fingerprint density at radius 1 is 1.23 bits per heavy atom. The number of benzene rings is 1. The summed E-state index contributed by atoms with van der Waals surface area (Å²) in [4.78, 5) is 12.7. The molecule has 1 saturated carbocycles. The van der Waals surface area contributed by atoms with Gasteiger partial charge in [-0.1, -0.05) is 43.0 Å². The van der Waals surface area contributed by atoms with E-state index in [1.54, 1.807) is 24.3 Å². The van der Waals surface area contributed by atoms with Crippen molar-refractivity contribution in [1.82, 2.24) is 15.1 Å². The molecule has 2 N–H and O–H groups in total. The molecule has 1 aromatic carbocycles. The Bertz CT molecular complexity index is 939. The van der Waals surface area contributed by atoms with Crippen LogP contribution >= 0.6 is 11.6 Å². The molecule has 0 unspecified atom stereocenters. The third-order valence-corrected chi connectivity index (χ3v) is 6.33. The largest absolute Gasteiger partial charge is 0.497 e. The number of fused-ring (bicyclic) bond motifs is 1. The van der Waals surface area contributed by atoms with Crippen LogP contribution in [0, 0.1) is 0 Å². The third-order valence-electron chi connectivity index (χ3n) is 5.97. The van der Waals surface area contributed by atoms with Crippen LogP contribution in [-0.2, 0) is 0 Å². The standard InChI is InChI=1S/C21H24ClF3N4O2/c1-31-14-9-7-12(8-10-14)15-11-16(21(23,24)25)29-19(27-15)17(22)18(28-29)20(30)26-13-5-3-2-4-6-13/h7-10,13,15-16,27H,2-6,11H2,1H3,(H,26,30)/t15-,16+/m1/s1. The van der Waals surface area contributed by atoms with Crippen LogP contribution in [-0.4, -0.2) is 35.0 Å². The van der Waals surface area contributed by atoms with Gasteiger partial charge in [-0.15, -0.1) is 0 Å². The molecule has 6 nitrogen and oxygen atoms in total. The number of aromatic nitrogens is 2. The number of carbonyl (C=O) groups is 1. The van der Waals surface area contributed by atoms with E-state index >= 15 is 0 Å². The van der Waals surface area contributed by atoms with Crippen molar-refractivity contribution in [3.63, 3.8) is 0 Å². The molecule has 168 valence electrons. The van der Waals surface area contributed by atoms with Crippen molar-refractivity contribution in [2.24, 2.45) is 0 Å². The monoisotopic (exact) mass is 456 g/mol. The summed E-state index contributed by atoms with van der Waals surface area (Å²) < 4.78 is 47.6. The number of alkyl halides is 3. The average molecular weight is 457 g/mol. The van der Waals surface area contributed by atoms with Gasteiger partial charge in [-0.05, 0) is 30.5 Å². The number of carbonyl (C=O) groups excluding carboxylic acids is 1. The average Bonchev–Trinajstić information content (AvgIpc) is 3.10. The summed E-state index contributed by atoms with van der Waals surface area (Å²) in [5, 5.41) is 9.81. The summed E-state index contributed by atoms with van der Waals surface area (Å²) in [6.45, 7) is 0. The van der Waals surface area contributed by atoms with E-state index in [1.807, 2.05) is 0 Å². The number of amides is 1. The Morgan fingerprint density at radius 3 is 2.52 bits per heavy atom. The molecule has 1 aliphatic heterocycles. The highest BCUT2D eigenvalue weighted by molar-refractivity contribution is 6.36. The van der Waals surface area contributed by atoms with Crippen molar-refractivity contribution in [3.8, 4) is 5.75 Å². The van der Waals surface area contributed by atoms with Crippen LogP contribution in [0.1, 0.15) is 66.7 Å². The molecule has 2 heterocycles. The van der Waals surface area contributed by atoms with Gasteiger partial charge in [-0.3, -0.25) is 4.79 Å². The van der Waals surface area contributed by atoms with Gasteiger partial charge in [-0.2, -0.15) is 18.3 Å². The highest BCUT2D eigenvalue weighted by atomic mass is 35.5. The maximum atomic E-state index is 13.9. The number of hydrogen-bond acceptors (Lipinski definition) is 4. The van der Waals surface area contributed by atoms with Gasteiger partial charge in [0, 0.05) is 12.5 Å². The zero-order chi connectivity index (χ0) is 22.2. The molecule has 1 aliphatic carbocycles. The van der Waals surface area contributed by atoms with Gasteiger partial charge in [-0.25, -0.2) is 4.68 Å². The summed E-state index contributed by atoms with van der Waals surface area (Å²) in [6, 6.07) is 4.25. The maximum absolute atomic E-state index is 13.9. The van der Waals surface area contributed by atoms with Gasteiger partial charge >= 0.3 is 6.18 Å². The molecule has 4 rings (SSSR count). The highest BCUT2D eigenvalue weighted by Gasteiger charge is 2.48. The molecule has 1 aromatic heterocycles. The summed E-state index contributed by atoms with van der Waals surface area (Å²) in [6.07, 6.45) is 0.0212. The number of ether oxygens (including phenoxy) is 1. The molecule has 31 heavy (non-hydrogen) atoms. The number of hydrogen-bond donors (Lipinski definition) is 2. The van der Waals surface area contributed by atoms with E-state index in [1.165, 1.54) is 7.11 Å². The fraction of sp³-hybridized carbons (Fsp3) is 0.524. The molecule has 2 atom stereocenters. The number of anilines is 1. The molecule has 0 bridgehead atoms. The predicted octanol–water partition coefficient (Wildman–Crippen LogP) is 5.27.